The van der Waals surface area contributed by atoms with Gasteiger partial charge in [0.1, 0.15) is 0 Å². The molecule has 0 N–H and O–H groups in total. The highest BCUT2D eigenvalue weighted by atomic mass is 79.9. The summed E-state index contributed by atoms with van der Waals surface area (Å²) in [6.07, 6.45) is -10.8. The first kappa shape index (κ1) is 28.7. The second-order valence-electron chi connectivity index (χ2n) is 6.51. The summed E-state index contributed by atoms with van der Waals surface area (Å²) in [5.41, 5.74) is -0.104. The lowest BCUT2D eigenvalue weighted by molar-refractivity contribution is -0.440. The zero-order chi connectivity index (χ0) is 25.8. The van der Waals surface area contributed by atoms with Gasteiger partial charge in [0.2, 0.25) is 0 Å². The largest absolute Gasteiger partial charge is 0.460 e. The van der Waals surface area contributed by atoms with Gasteiger partial charge in [-0.05, 0) is 62.0 Å². The van der Waals surface area contributed by atoms with E-state index in [1.54, 1.807) is 6.07 Å². The van der Waals surface area contributed by atoms with E-state index in [9.17, 15) is 57.1 Å². The molecule has 0 nitrogen and oxygen atoms in total. The Balaban J connectivity index is 2.38. The number of halogens is 15. The molecular weight excluding hydrogens is 663 g/mol. The smallest absolute Gasteiger partial charge is 0.200 e. The minimum absolute atomic E-state index is 0.104. The van der Waals surface area contributed by atoms with Crippen LogP contribution >= 0.6 is 54.5 Å². The second kappa shape index (κ2) is 8.84. The average Bonchev–Trinajstić information content (AvgIpc) is 3.23. The van der Waals surface area contributed by atoms with Crippen molar-refractivity contribution >= 4 is 54.5 Å². The molecule has 188 valence electrons. The number of hydrogen-bond acceptors (Lipinski definition) is 2. The molecule has 0 aliphatic heterocycles. The van der Waals surface area contributed by atoms with Gasteiger partial charge in [-0.15, -0.1) is 22.7 Å². The lowest BCUT2D eigenvalue weighted by Gasteiger charge is -2.39. The Labute approximate surface area is 201 Å². The van der Waals surface area contributed by atoms with E-state index in [0.717, 1.165) is 28.7 Å². The normalized spacial score (nSPS) is 14.8. The maximum atomic E-state index is 14.0. The molecule has 2 rings (SSSR count). The van der Waals surface area contributed by atoms with Crippen LogP contribution in [0, 0.1) is 0 Å². The maximum absolute atomic E-state index is 14.0. The van der Waals surface area contributed by atoms with Crippen molar-refractivity contribution < 1.29 is 57.1 Å². The SMILES string of the molecule is FC(F)(F)C(F)(F)C(F)(F)C(F)(F)C(F)(F)C(F)(F)CCc1cc(Br)sc1-c1ccc(Br)s1. The molecule has 0 amide bonds. The highest BCUT2D eigenvalue weighted by Crippen LogP contribution is 2.60. The van der Waals surface area contributed by atoms with Crippen LogP contribution in [0.4, 0.5) is 57.1 Å². The predicted octanol–water partition coefficient (Wildman–Crippen LogP) is 9.67. The summed E-state index contributed by atoms with van der Waals surface area (Å²) in [6, 6.07) is 4.20. The van der Waals surface area contributed by atoms with Gasteiger partial charge >= 0.3 is 35.8 Å². The fourth-order valence-corrected chi connectivity index (χ4v) is 5.71. The molecule has 0 radical (unpaired) electrons. The monoisotopic (exact) mass is 668 g/mol. The van der Waals surface area contributed by atoms with Crippen molar-refractivity contribution in [1.82, 2.24) is 0 Å². The Kier molecular flexibility index (Phi) is 7.68. The first-order chi connectivity index (χ1) is 14.6. The highest BCUT2D eigenvalue weighted by molar-refractivity contribution is 9.11. The maximum Gasteiger partial charge on any atom is 0.460 e. The molecule has 0 spiro atoms. The molecule has 33 heavy (non-hydrogen) atoms. The zero-order valence-electron chi connectivity index (χ0n) is 15.1. The van der Waals surface area contributed by atoms with E-state index < -0.39 is 48.6 Å². The standard InChI is InChI=1S/C16H7Br2F13S2/c17-8-2-1-7(32-8)10-6(5-9(18)33-10)3-4-11(19,20)12(21,22)13(23,24)14(25,26)15(27,28)16(29,30)31/h1-2,5H,3-4H2. The van der Waals surface area contributed by atoms with Gasteiger partial charge in [-0.25, -0.2) is 0 Å². The Morgan fingerprint density at radius 3 is 1.61 bits per heavy atom. The van der Waals surface area contributed by atoms with Gasteiger partial charge in [0.05, 0.1) is 7.57 Å². The molecule has 2 aromatic rings. The van der Waals surface area contributed by atoms with E-state index in [2.05, 4.69) is 31.9 Å². The number of alkyl halides is 13. The fraction of sp³-hybridized carbons (Fsp3) is 0.500. The molecule has 2 aromatic heterocycles. The molecule has 0 aliphatic carbocycles. The van der Waals surface area contributed by atoms with Gasteiger partial charge < -0.3 is 0 Å². The van der Waals surface area contributed by atoms with Crippen LogP contribution in [-0.2, 0) is 6.42 Å². The quantitative estimate of drug-likeness (QED) is 0.246. The summed E-state index contributed by atoms with van der Waals surface area (Å²) >= 11 is 8.15. The van der Waals surface area contributed by atoms with Gasteiger partial charge in [0.25, 0.3) is 0 Å². The minimum Gasteiger partial charge on any atom is -0.200 e. The van der Waals surface area contributed by atoms with Gasteiger partial charge in [-0.2, -0.15) is 57.1 Å². The molecule has 17 heteroatoms. The van der Waals surface area contributed by atoms with Crippen molar-refractivity contribution in [2.45, 2.75) is 48.6 Å². The number of aryl methyl sites for hydroxylation is 1. The average molecular weight is 670 g/mol. The molecule has 0 bridgehead atoms. The third-order valence-electron chi connectivity index (χ3n) is 4.28. The third kappa shape index (κ3) is 4.79. The third-order valence-corrected chi connectivity index (χ3v) is 7.77. The summed E-state index contributed by atoms with van der Waals surface area (Å²) in [7, 11) is 0. The van der Waals surface area contributed by atoms with Crippen molar-refractivity contribution in [1.29, 1.82) is 0 Å². The van der Waals surface area contributed by atoms with Crippen LogP contribution in [-0.4, -0.2) is 35.8 Å². The van der Waals surface area contributed by atoms with Gasteiger partial charge in [-0.1, -0.05) is 0 Å². The van der Waals surface area contributed by atoms with Crippen molar-refractivity contribution in [2.75, 3.05) is 0 Å². The molecule has 2 heterocycles. The van der Waals surface area contributed by atoms with Crippen LogP contribution in [0.15, 0.2) is 25.8 Å². The van der Waals surface area contributed by atoms with E-state index in [1.807, 2.05) is 0 Å². The summed E-state index contributed by atoms with van der Waals surface area (Å²) in [4.78, 5) is 0.668. The van der Waals surface area contributed by atoms with Crippen LogP contribution in [0.3, 0.4) is 0 Å². The predicted molar refractivity (Wildman–Crippen MR) is 102 cm³/mol. The Bertz CT molecular complexity index is 991. The van der Waals surface area contributed by atoms with Gasteiger partial charge in [0, 0.05) is 16.2 Å². The van der Waals surface area contributed by atoms with Crippen molar-refractivity contribution in [3.05, 3.63) is 31.3 Å². The van der Waals surface area contributed by atoms with E-state index >= 15 is 0 Å². The molecular formula is C16H7Br2F13S2. The Hall–Kier alpha value is -0.550. The topological polar surface area (TPSA) is 0 Å². The molecule has 0 unspecified atom stereocenters. The van der Waals surface area contributed by atoms with Crippen LogP contribution in [0.1, 0.15) is 12.0 Å². The van der Waals surface area contributed by atoms with Crippen LogP contribution < -0.4 is 0 Å². The minimum atomic E-state index is -7.88. The second-order valence-corrected chi connectivity index (χ2v) is 11.4. The van der Waals surface area contributed by atoms with Crippen LogP contribution in [0.2, 0.25) is 0 Å². The first-order valence-corrected chi connectivity index (χ1v) is 11.3. The van der Waals surface area contributed by atoms with Gasteiger partial charge in [0.15, 0.2) is 0 Å². The summed E-state index contributed by atoms with van der Waals surface area (Å²) in [5, 5.41) is 0. The van der Waals surface area contributed by atoms with E-state index in [0.29, 0.717) is 12.4 Å². The number of thiophene rings is 2. The van der Waals surface area contributed by atoms with Crippen molar-refractivity contribution in [2.24, 2.45) is 0 Å². The molecule has 0 saturated carbocycles. The summed E-state index contributed by atoms with van der Waals surface area (Å²) < 4.78 is 173. The lowest BCUT2D eigenvalue weighted by Crippen LogP contribution is -2.70. The fourth-order valence-electron chi connectivity index (χ4n) is 2.48. The summed E-state index contributed by atoms with van der Waals surface area (Å²) in [6.45, 7) is 0. The van der Waals surface area contributed by atoms with E-state index in [-0.39, 0.29) is 10.4 Å². The Morgan fingerprint density at radius 1 is 0.636 bits per heavy atom. The zero-order valence-corrected chi connectivity index (χ0v) is 19.9. The van der Waals surface area contributed by atoms with Gasteiger partial charge in [-0.3, -0.25) is 0 Å². The van der Waals surface area contributed by atoms with Crippen LogP contribution in [0.5, 0.6) is 0 Å². The van der Waals surface area contributed by atoms with Crippen LogP contribution in [0.25, 0.3) is 9.75 Å². The number of rotatable bonds is 8. The highest BCUT2D eigenvalue weighted by Gasteiger charge is 2.90. The van der Waals surface area contributed by atoms with E-state index in [1.165, 1.54) is 6.07 Å². The first-order valence-electron chi connectivity index (χ1n) is 8.10. The molecule has 0 fully saturated rings. The molecule has 0 saturated heterocycles. The summed E-state index contributed by atoms with van der Waals surface area (Å²) in [5.74, 6) is -36.7. The van der Waals surface area contributed by atoms with Crippen molar-refractivity contribution in [3.8, 4) is 9.75 Å². The lowest BCUT2D eigenvalue weighted by atomic mass is 9.91. The molecule has 0 aromatic carbocycles. The Morgan fingerprint density at radius 2 is 1.15 bits per heavy atom. The molecule has 0 aliphatic rings. The van der Waals surface area contributed by atoms with Crippen molar-refractivity contribution in [3.63, 3.8) is 0 Å². The number of hydrogen-bond donors (Lipinski definition) is 0. The van der Waals surface area contributed by atoms with E-state index in [4.69, 9.17) is 0 Å². The molecule has 0 atom stereocenters.